The number of benzene rings is 1. The molecule has 1 aromatic carbocycles. The minimum Gasteiger partial charge on any atom is -0.481 e. The maximum Gasteiger partial charge on any atom is 0.308 e. The number of esters is 1. The van der Waals surface area contributed by atoms with E-state index in [1.807, 2.05) is 25.1 Å². The van der Waals surface area contributed by atoms with Gasteiger partial charge in [0.1, 0.15) is 0 Å². The van der Waals surface area contributed by atoms with Crippen LogP contribution in [0.15, 0.2) is 22.7 Å². The van der Waals surface area contributed by atoms with Crippen molar-refractivity contribution in [3.63, 3.8) is 0 Å². The lowest BCUT2D eigenvalue weighted by molar-refractivity contribution is -0.138. The van der Waals surface area contributed by atoms with E-state index in [1.165, 1.54) is 6.92 Å². The van der Waals surface area contributed by atoms with E-state index in [1.54, 1.807) is 0 Å². The highest BCUT2D eigenvalue weighted by atomic mass is 79.9. The molecule has 1 heterocycles. The predicted octanol–water partition coefficient (Wildman–Crippen LogP) is 3.89. The number of carbonyl (C=O) groups excluding carboxylic acids is 1. The van der Waals surface area contributed by atoms with Crippen molar-refractivity contribution < 1.29 is 19.4 Å². The average Bonchev–Trinajstić information content (AvgIpc) is 3.15. The summed E-state index contributed by atoms with van der Waals surface area (Å²) in [4.78, 5) is 22.6. The summed E-state index contributed by atoms with van der Waals surface area (Å²) < 4.78 is 8.36. The van der Waals surface area contributed by atoms with E-state index in [9.17, 15) is 9.59 Å². The lowest BCUT2D eigenvalue weighted by Crippen LogP contribution is -2.17. The van der Waals surface area contributed by atoms with Gasteiger partial charge < -0.3 is 14.4 Å². The maximum atomic E-state index is 11.4. The van der Waals surface area contributed by atoms with Gasteiger partial charge in [-0.15, -0.1) is 0 Å². The first-order valence-electron chi connectivity index (χ1n) is 7.50. The zero-order valence-electron chi connectivity index (χ0n) is 13.1. The van der Waals surface area contributed by atoms with Gasteiger partial charge in [-0.1, -0.05) is 6.07 Å². The predicted molar refractivity (Wildman–Crippen MR) is 89.6 cm³/mol. The van der Waals surface area contributed by atoms with Gasteiger partial charge in [-0.2, -0.15) is 0 Å². The highest BCUT2D eigenvalue weighted by Crippen LogP contribution is 2.52. The molecule has 1 fully saturated rings. The standard InChI is InChI=1S/C17H18BrNO4/c1-10-16(23-11(2)20)15-12(18)4-3-5-13(15)19(10)9-17(6-7-17)8-14(21)22/h3-5H,6-9H2,1-2H3,(H,21,22). The minimum absolute atomic E-state index is 0.170. The van der Waals surface area contributed by atoms with E-state index >= 15 is 0 Å². The van der Waals surface area contributed by atoms with Crippen LogP contribution in [0.3, 0.4) is 0 Å². The minimum atomic E-state index is -0.766. The van der Waals surface area contributed by atoms with Gasteiger partial charge in [0, 0.05) is 17.9 Å². The number of carboxylic acids is 1. The second kappa shape index (κ2) is 5.67. The van der Waals surface area contributed by atoms with E-state index in [-0.39, 0.29) is 17.8 Å². The van der Waals surface area contributed by atoms with Gasteiger partial charge in [0.15, 0.2) is 5.75 Å². The quantitative estimate of drug-likeness (QED) is 0.799. The molecule has 1 N–H and O–H groups in total. The molecule has 2 aromatic rings. The Morgan fingerprint density at radius 1 is 1.39 bits per heavy atom. The van der Waals surface area contributed by atoms with E-state index < -0.39 is 5.97 Å². The lowest BCUT2D eigenvalue weighted by Gasteiger charge is -2.16. The van der Waals surface area contributed by atoms with Crippen molar-refractivity contribution in [1.29, 1.82) is 0 Å². The summed E-state index contributed by atoms with van der Waals surface area (Å²) in [5, 5.41) is 9.98. The van der Waals surface area contributed by atoms with Crippen molar-refractivity contribution in [3.8, 4) is 5.75 Å². The van der Waals surface area contributed by atoms with Crippen molar-refractivity contribution in [1.82, 2.24) is 4.57 Å². The van der Waals surface area contributed by atoms with Crippen molar-refractivity contribution in [2.75, 3.05) is 0 Å². The molecule has 1 aliphatic carbocycles. The first-order valence-corrected chi connectivity index (χ1v) is 8.30. The summed E-state index contributed by atoms with van der Waals surface area (Å²) in [5.74, 6) is -0.585. The molecule has 0 aliphatic heterocycles. The number of fused-ring (bicyclic) bond motifs is 1. The normalized spacial score (nSPS) is 15.6. The third kappa shape index (κ3) is 3.00. The summed E-state index contributed by atoms with van der Waals surface area (Å²) in [6.45, 7) is 3.91. The summed E-state index contributed by atoms with van der Waals surface area (Å²) in [7, 11) is 0. The number of ether oxygens (including phenoxy) is 1. The molecule has 0 radical (unpaired) electrons. The van der Waals surface area contributed by atoms with Crippen LogP contribution in [0.1, 0.15) is 31.9 Å². The summed E-state index contributed by atoms with van der Waals surface area (Å²) in [6.07, 6.45) is 1.99. The van der Waals surface area contributed by atoms with Crippen LogP contribution in [0.25, 0.3) is 10.9 Å². The molecule has 23 heavy (non-hydrogen) atoms. The molecule has 1 aliphatic rings. The zero-order chi connectivity index (χ0) is 16.8. The average molecular weight is 380 g/mol. The molecule has 0 unspecified atom stereocenters. The van der Waals surface area contributed by atoms with Crippen molar-refractivity contribution in [2.24, 2.45) is 5.41 Å². The van der Waals surface area contributed by atoms with Crippen LogP contribution in [-0.2, 0) is 16.1 Å². The lowest BCUT2D eigenvalue weighted by atomic mass is 10.0. The first-order chi connectivity index (χ1) is 10.8. The summed E-state index contributed by atoms with van der Waals surface area (Å²) in [5.41, 5.74) is 1.61. The second-order valence-electron chi connectivity index (χ2n) is 6.30. The smallest absolute Gasteiger partial charge is 0.308 e. The fourth-order valence-electron chi connectivity index (χ4n) is 3.14. The molecule has 6 heteroatoms. The third-order valence-corrected chi connectivity index (χ3v) is 5.13. The largest absolute Gasteiger partial charge is 0.481 e. The van der Waals surface area contributed by atoms with Gasteiger partial charge in [0.2, 0.25) is 0 Å². The highest BCUT2D eigenvalue weighted by Gasteiger charge is 2.45. The number of hydrogen-bond acceptors (Lipinski definition) is 3. The van der Waals surface area contributed by atoms with Crippen LogP contribution in [0, 0.1) is 12.3 Å². The van der Waals surface area contributed by atoms with Crippen LogP contribution >= 0.6 is 15.9 Å². The second-order valence-corrected chi connectivity index (χ2v) is 7.15. The fraction of sp³-hybridized carbons (Fsp3) is 0.412. The van der Waals surface area contributed by atoms with Crippen LogP contribution < -0.4 is 4.74 Å². The van der Waals surface area contributed by atoms with Gasteiger partial charge >= 0.3 is 11.9 Å². The van der Waals surface area contributed by atoms with E-state index in [2.05, 4.69) is 20.5 Å². The summed E-state index contributed by atoms with van der Waals surface area (Å²) >= 11 is 3.52. The molecular weight excluding hydrogens is 362 g/mol. The molecule has 0 amide bonds. The number of aromatic nitrogens is 1. The SMILES string of the molecule is CC(=O)Oc1c(C)n(CC2(CC(=O)O)CC2)c2cccc(Br)c12. The third-order valence-electron chi connectivity index (χ3n) is 4.47. The Balaban J connectivity index is 2.10. The number of hydrogen-bond donors (Lipinski definition) is 1. The van der Waals surface area contributed by atoms with E-state index in [0.29, 0.717) is 12.3 Å². The Kier molecular flexibility index (Phi) is 3.96. The van der Waals surface area contributed by atoms with Gasteiger partial charge in [0.05, 0.1) is 23.0 Å². The van der Waals surface area contributed by atoms with Gasteiger partial charge in [0.25, 0.3) is 0 Å². The van der Waals surface area contributed by atoms with E-state index in [0.717, 1.165) is 33.9 Å². The first kappa shape index (κ1) is 16.1. The van der Waals surface area contributed by atoms with Crippen LogP contribution in [-0.4, -0.2) is 21.6 Å². The van der Waals surface area contributed by atoms with Crippen LogP contribution in [0.4, 0.5) is 0 Å². The number of aliphatic carboxylic acids is 1. The number of rotatable bonds is 5. The number of carbonyl (C=O) groups is 2. The van der Waals surface area contributed by atoms with Crippen LogP contribution in [0.5, 0.6) is 5.75 Å². The van der Waals surface area contributed by atoms with Crippen molar-refractivity contribution in [3.05, 3.63) is 28.4 Å². The monoisotopic (exact) mass is 379 g/mol. The van der Waals surface area contributed by atoms with Crippen molar-refractivity contribution >= 4 is 38.8 Å². The van der Waals surface area contributed by atoms with Gasteiger partial charge in [-0.25, -0.2) is 0 Å². The molecule has 0 bridgehead atoms. The molecule has 3 rings (SSSR count). The maximum absolute atomic E-state index is 11.4. The van der Waals surface area contributed by atoms with E-state index in [4.69, 9.17) is 9.84 Å². The molecular formula is C17H18BrNO4. The molecule has 0 spiro atoms. The fourth-order valence-corrected chi connectivity index (χ4v) is 3.68. The Bertz CT molecular complexity index is 805. The molecule has 0 atom stereocenters. The molecule has 5 nitrogen and oxygen atoms in total. The van der Waals surface area contributed by atoms with Crippen LogP contribution in [0.2, 0.25) is 0 Å². The Morgan fingerprint density at radius 3 is 2.65 bits per heavy atom. The molecule has 0 saturated heterocycles. The molecule has 1 aromatic heterocycles. The number of halogens is 1. The summed E-state index contributed by atoms with van der Waals surface area (Å²) in [6, 6.07) is 5.80. The Hall–Kier alpha value is -1.82. The number of nitrogens with zero attached hydrogens (tertiary/aromatic N) is 1. The highest BCUT2D eigenvalue weighted by molar-refractivity contribution is 9.10. The van der Waals surface area contributed by atoms with Crippen molar-refractivity contribution in [2.45, 2.75) is 39.7 Å². The Morgan fingerprint density at radius 2 is 2.09 bits per heavy atom. The van der Waals surface area contributed by atoms with Gasteiger partial charge in [-0.05, 0) is 53.2 Å². The number of carboxylic acid groups (broad SMARTS) is 1. The topological polar surface area (TPSA) is 68.5 Å². The molecule has 1 saturated carbocycles. The molecule has 122 valence electrons. The van der Waals surface area contributed by atoms with Gasteiger partial charge in [-0.3, -0.25) is 9.59 Å². The zero-order valence-corrected chi connectivity index (χ0v) is 14.6. The Labute approximate surface area is 142 Å².